The third kappa shape index (κ3) is 2.92. The van der Waals surface area contributed by atoms with Gasteiger partial charge >= 0.3 is 5.97 Å². The quantitative estimate of drug-likeness (QED) is 0.653. The molecule has 0 bridgehead atoms. The average Bonchev–Trinajstić information content (AvgIpc) is 2.41. The summed E-state index contributed by atoms with van der Waals surface area (Å²) in [5.41, 5.74) is 6.71. The fourth-order valence-electron chi connectivity index (χ4n) is 1.88. The molecule has 98 valence electrons. The van der Waals surface area contributed by atoms with E-state index in [1.54, 1.807) is 18.2 Å². The van der Waals surface area contributed by atoms with Crippen LogP contribution in [0, 0.1) is 0 Å². The Morgan fingerprint density at radius 1 is 1.50 bits per heavy atom. The zero-order chi connectivity index (χ0) is 13.0. The molecule has 0 amide bonds. The zero-order valence-electron chi connectivity index (χ0n) is 10.3. The van der Waals surface area contributed by atoms with Gasteiger partial charge in [-0.15, -0.1) is 0 Å². The van der Waals surface area contributed by atoms with Crippen molar-refractivity contribution in [2.24, 2.45) is 0 Å². The first kappa shape index (κ1) is 12.7. The molecule has 1 aromatic rings. The number of carbonyl (C=O) groups is 1. The molecule has 2 N–H and O–H groups in total. The van der Waals surface area contributed by atoms with Gasteiger partial charge in [0.1, 0.15) is 11.9 Å². The third-order valence-electron chi connectivity index (χ3n) is 2.84. The predicted molar refractivity (Wildman–Crippen MR) is 66.7 cm³/mol. The Kier molecular flexibility index (Phi) is 4.04. The van der Waals surface area contributed by atoms with Crippen molar-refractivity contribution in [2.75, 3.05) is 26.1 Å². The number of hydrogen-bond donors (Lipinski definition) is 1. The van der Waals surface area contributed by atoms with Crippen LogP contribution in [0.2, 0.25) is 0 Å². The maximum Gasteiger partial charge on any atom is 0.337 e. The van der Waals surface area contributed by atoms with Crippen molar-refractivity contribution in [2.45, 2.75) is 18.9 Å². The van der Waals surface area contributed by atoms with E-state index in [2.05, 4.69) is 4.74 Å². The molecular weight excluding hydrogens is 234 g/mol. The van der Waals surface area contributed by atoms with Crippen LogP contribution < -0.4 is 10.5 Å². The molecule has 2 rings (SSSR count). The maximum atomic E-state index is 11.3. The third-order valence-corrected chi connectivity index (χ3v) is 2.84. The number of anilines is 1. The van der Waals surface area contributed by atoms with Crippen LogP contribution in [0.5, 0.6) is 5.75 Å². The van der Waals surface area contributed by atoms with Gasteiger partial charge < -0.3 is 19.9 Å². The molecule has 5 heteroatoms. The summed E-state index contributed by atoms with van der Waals surface area (Å²) >= 11 is 0. The highest BCUT2D eigenvalue weighted by Gasteiger charge is 2.17. The molecule has 1 saturated heterocycles. The summed E-state index contributed by atoms with van der Waals surface area (Å²) in [4.78, 5) is 11.3. The smallest absolute Gasteiger partial charge is 0.337 e. The summed E-state index contributed by atoms with van der Waals surface area (Å²) in [7, 11) is 1.34. The normalized spacial score (nSPS) is 19.3. The van der Waals surface area contributed by atoms with Gasteiger partial charge in [-0.05, 0) is 31.0 Å². The Labute approximate surface area is 106 Å². The molecule has 1 unspecified atom stereocenters. The van der Waals surface area contributed by atoms with Crippen LogP contribution in [0.1, 0.15) is 23.2 Å². The molecular formula is C13H17NO4. The molecule has 0 aromatic heterocycles. The van der Waals surface area contributed by atoms with Gasteiger partial charge in [0, 0.05) is 6.61 Å². The van der Waals surface area contributed by atoms with E-state index in [9.17, 15) is 4.79 Å². The Bertz CT molecular complexity index is 427. The van der Waals surface area contributed by atoms with Gasteiger partial charge in [-0.1, -0.05) is 0 Å². The van der Waals surface area contributed by atoms with Gasteiger partial charge in [-0.2, -0.15) is 0 Å². The number of hydrogen-bond acceptors (Lipinski definition) is 5. The molecule has 1 aromatic carbocycles. The number of benzene rings is 1. The minimum Gasteiger partial charge on any atom is -0.486 e. The first-order chi connectivity index (χ1) is 8.70. The Hall–Kier alpha value is -1.75. The summed E-state index contributed by atoms with van der Waals surface area (Å²) < 4.78 is 15.7. The number of nitrogen functional groups attached to an aromatic ring is 1. The summed E-state index contributed by atoms with van der Waals surface area (Å²) in [6, 6.07) is 4.89. The van der Waals surface area contributed by atoms with Crippen molar-refractivity contribution in [3.63, 3.8) is 0 Å². The van der Waals surface area contributed by atoms with Gasteiger partial charge in [-0.3, -0.25) is 0 Å². The van der Waals surface area contributed by atoms with Crippen molar-refractivity contribution in [3.8, 4) is 5.75 Å². The van der Waals surface area contributed by atoms with E-state index in [0.29, 0.717) is 23.6 Å². The second-order valence-corrected chi connectivity index (χ2v) is 4.20. The molecule has 5 nitrogen and oxygen atoms in total. The van der Waals surface area contributed by atoms with Crippen LogP contribution in [0.25, 0.3) is 0 Å². The number of carbonyl (C=O) groups excluding carboxylic acids is 1. The first-order valence-electron chi connectivity index (χ1n) is 5.93. The summed E-state index contributed by atoms with van der Waals surface area (Å²) in [5, 5.41) is 0. The predicted octanol–water partition coefficient (Wildman–Crippen LogP) is 1.61. The largest absolute Gasteiger partial charge is 0.486 e. The van der Waals surface area contributed by atoms with Gasteiger partial charge in [0.05, 0.1) is 25.0 Å². The molecule has 1 aliphatic rings. The monoisotopic (exact) mass is 251 g/mol. The van der Waals surface area contributed by atoms with Crippen molar-refractivity contribution in [1.82, 2.24) is 0 Å². The van der Waals surface area contributed by atoms with Crippen molar-refractivity contribution in [3.05, 3.63) is 23.8 Å². The van der Waals surface area contributed by atoms with E-state index in [0.717, 1.165) is 19.4 Å². The number of ether oxygens (including phenoxy) is 3. The lowest BCUT2D eigenvalue weighted by Gasteiger charge is -2.24. The summed E-state index contributed by atoms with van der Waals surface area (Å²) in [6.07, 6.45) is 1.98. The fourth-order valence-corrected chi connectivity index (χ4v) is 1.88. The first-order valence-corrected chi connectivity index (χ1v) is 5.93. The highest BCUT2D eigenvalue weighted by molar-refractivity contribution is 5.90. The van der Waals surface area contributed by atoms with Crippen molar-refractivity contribution in [1.29, 1.82) is 0 Å². The van der Waals surface area contributed by atoms with E-state index in [4.69, 9.17) is 15.2 Å². The minimum absolute atomic E-state index is 0.0324. The second-order valence-electron chi connectivity index (χ2n) is 4.20. The molecule has 1 atom stereocenters. The fraction of sp³-hybridized carbons (Fsp3) is 0.462. The molecule has 0 radical (unpaired) electrons. The molecule has 0 aliphatic carbocycles. The standard InChI is InChI=1S/C13H17NO4/c1-16-13(15)9-4-5-12(11(14)7-9)18-10-3-2-6-17-8-10/h4-5,7,10H,2-3,6,8,14H2,1H3. The maximum absolute atomic E-state index is 11.3. The van der Waals surface area contributed by atoms with E-state index < -0.39 is 5.97 Å². The Morgan fingerprint density at radius 2 is 2.33 bits per heavy atom. The Morgan fingerprint density at radius 3 is 2.94 bits per heavy atom. The van der Waals surface area contributed by atoms with Gasteiger partial charge in [-0.25, -0.2) is 4.79 Å². The van der Waals surface area contributed by atoms with Gasteiger partial charge in [0.25, 0.3) is 0 Å². The molecule has 1 heterocycles. The summed E-state index contributed by atoms with van der Waals surface area (Å²) in [6.45, 7) is 1.37. The highest BCUT2D eigenvalue weighted by atomic mass is 16.5. The van der Waals surface area contributed by atoms with Gasteiger partial charge in [0.15, 0.2) is 0 Å². The molecule has 0 spiro atoms. The van der Waals surface area contributed by atoms with Gasteiger partial charge in [0.2, 0.25) is 0 Å². The zero-order valence-corrected chi connectivity index (χ0v) is 10.3. The number of esters is 1. The van der Waals surface area contributed by atoms with E-state index in [1.807, 2.05) is 0 Å². The SMILES string of the molecule is COC(=O)c1ccc(OC2CCCOC2)c(N)c1. The molecule has 18 heavy (non-hydrogen) atoms. The number of rotatable bonds is 3. The van der Waals surface area contributed by atoms with Crippen LogP contribution in [-0.2, 0) is 9.47 Å². The van der Waals surface area contributed by atoms with Crippen LogP contribution in [0.3, 0.4) is 0 Å². The van der Waals surface area contributed by atoms with E-state index >= 15 is 0 Å². The Balaban J connectivity index is 2.07. The van der Waals surface area contributed by atoms with Crippen LogP contribution in [0.4, 0.5) is 5.69 Å². The number of nitrogens with two attached hydrogens (primary N) is 1. The van der Waals surface area contributed by atoms with E-state index in [-0.39, 0.29) is 6.10 Å². The van der Waals surface area contributed by atoms with E-state index in [1.165, 1.54) is 7.11 Å². The molecule has 1 aliphatic heterocycles. The number of methoxy groups -OCH3 is 1. The average molecular weight is 251 g/mol. The van der Waals surface area contributed by atoms with Crippen LogP contribution >= 0.6 is 0 Å². The van der Waals surface area contributed by atoms with Crippen molar-refractivity contribution < 1.29 is 19.0 Å². The lowest BCUT2D eigenvalue weighted by atomic mass is 10.1. The lowest BCUT2D eigenvalue weighted by Crippen LogP contribution is -2.28. The van der Waals surface area contributed by atoms with Crippen molar-refractivity contribution >= 4 is 11.7 Å². The van der Waals surface area contributed by atoms with Crippen LogP contribution in [-0.4, -0.2) is 32.4 Å². The highest BCUT2D eigenvalue weighted by Crippen LogP contribution is 2.25. The lowest BCUT2D eigenvalue weighted by molar-refractivity contribution is 0.00775. The second kappa shape index (κ2) is 5.73. The van der Waals surface area contributed by atoms with Crippen LogP contribution in [0.15, 0.2) is 18.2 Å². The minimum atomic E-state index is -0.408. The molecule has 0 saturated carbocycles. The molecule has 1 fully saturated rings. The summed E-state index contributed by atoms with van der Waals surface area (Å²) in [5.74, 6) is 0.174. The topological polar surface area (TPSA) is 70.8 Å².